The van der Waals surface area contributed by atoms with Gasteiger partial charge in [-0.2, -0.15) is 0 Å². The molecular formula is C20H23N5O3. The number of carbonyl (C=O) groups excluding carboxylic acids is 1. The van der Waals surface area contributed by atoms with Crippen LogP contribution in [0.3, 0.4) is 0 Å². The van der Waals surface area contributed by atoms with Crippen molar-refractivity contribution in [3.63, 3.8) is 0 Å². The minimum absolute atomic E-state index is 0.0892. The predicted molar refractivity (Wildman–Crippen MR) is 104 cm³/mol. The largest absolute Gasteiger partial charge is 0.361 e. The summed E-state index contributed by atoms with van der Waals surface area (Å²) in [7, 11) is 0. The maximum atomic E-state index is 12.6. The monoisotopic (exact) mass is 381 g/mol. The van der Waals surface area contributed by atoms with E-state index in [9.17, 15) is 9.59 Å². The SMILES string of the molecule is Cc1noc(C)c1CC(=O)N1CCN(Cc2nc3ccccc3c(=O)[nH]2)CC1. The summed E-state index contributed by atoms with van der Waals surface area (Å²) in [6, 6.07) is 7.33. The van der Waals surface area contributed by atoms with Crippen molar-refractivity contribution in [3.8, 4) is 0 Å². The number of hydrogen-bond acceptors (Lipinski definition) is 6. The van der Waals surface area contributed by atoms with Gasteiger partial charge in [-0.1, -0.05) is 17.3 Å². The summed E-state index contributed by atoms with van der Waals surface area (Å²) in [5, 5.41) is 4.51. The van der Waals surface area contributed by atoms with Gasteiger partial charge in [-0.25, -0.2) is 4.98 Å². The lowest BCUT2D eigenvalue weighted by molar-refractivity contribution is -0.132. The molecule has 1 fully saturated rings. The summed E-state index contributed by atoms with van der Waals surface area (Å²) in [5.41, 5.74) is 2.24. The molecule has 146 valence electrons. The fraction of sp³-hybridized carbons (Fsp3) is 0.400. The van der Waals surface area contributed by atoms with Crippen molar-refractivity contribution in [2.45, 2.75) is 26.8 Å². The molecule has 1 amide bonds. The van der Waals surface area contributed by atoms with Crippen LogP contribution in [0.1, 0.15) is 22.8 Å². The van der Waals surface area contributed by atoms with Crippen molar-refractivity contribution in [2.75, 3.05) is 26.2 Å². The number of hydrogen-bond donors (Lipinski definition) is 1. The number of aryl methyl sites for hydroxylation is 2. The Morgan fingerprint density at radius 3 is 2.64 bits per heavy atom. The molecule has 0 bridgehead atoms. The maximum absolute atomic E-state index is 12.6. The Morgan fingerprint density at radius 1 is 1.18 bits per heavy atom. The molecule has 0 aliphatic carbocycles. The number of nitrogens with zero attached hydrogens (tertiary/aromatic N) is 4. The van der Waals surface area contributed by atoms with Crippen LogP contribution >= 0.6 is 0 Å². The Balaban J connectivity index is 1.37. The highest BCUT2D eigenvalue weighted by molar-refractivity contribution is 5.79. The number of amides is 1. The molecular weight excluding hydrogens is 358 g/mol. The molecule has 1 saturated heterocycles. The van der Waals surface area contributed by atoms with Crippen molar-refractivity contribution in [1.29, 1.82) is 0 Å². The average Bonchev–Trinajstić information content (AvgIpc) is 3.00. The first-order valence-electron chi connectivity index (χ1n) is 9.41. The lowest BCUT2D eigenvalue weighted by Crippen LogP contribution is -2.49. The van der Waals surface area contributed by atoms with Gasteiger partial charge in [0.25, 0.3) is 5.56 Å². The second-order valence-corrected chi connectivity index (χ2v) is 7.17. The minimum Gasteiger partial charge on any atom is -0.361 e. The van der Waals surface area contributed by atoms with E-state index in [4.69, 9.17) is 4.52 Å². The summed E-state index contributed by atoms with van der Waals surface area (Å²) in [6.45, 7) is 7.03. The molecule has 1 aromatic carbocycles. The van der Waals surface area contributed by atoms with Crippen LogP contribution in [-0.2, 0) is 17.8 Å². The standard InChI is InChI=1S/C20H23N5O3/c1-13-16(14(2)28-23-13)11-19(26)25-9-7-24(8-10-25)12-18-21-17-6-4-3-5-15(17)20(27)22-18/h3-6H,7-12H2,1-2H3,(H,21,22,27). The van der Waals surface area contributed by atoms with Crippen LogP contribution in [0.2, 0.25) is 0 Å². The molecule has 0 saturated carbocycles. The van der Waals surface area contributed by atoms with E-state index in [1.807, 2.05) is 36.9 Å². The zero-order valence-electron chi connectivity index (χ0n) is 16.1. The van der Waals surface area contributed by atoms with E-state index in [-0.39, 0.29) is 11.5 Å². The topological polar surface area (TPSA) is 95.3 Å². The van der Waals surface area contributed by atoms with E-state index in [0.29, 0.717) is 48.5 Å². The number of H-pyrrole nitrogens is 1. The summed E-state index contributed by atoms with van der Waals surface area (Å²) < 4.78 is 5.14. The lowest BCUT2D eigenvalue weighted by Gasteiger charge is -2.34. The number of aromatic amines is 1. The number of aromatic nitrogens is 3. The summed E-state index contributed by atoms with van der Waals surface area (Å²) >= 11 is 0. The molecule has 1 aliphatic rings. The molecule has 1 aliphatic heterocycles. The third-order valence-corrected chi connectivity index (χ3v) is 5.27. The molecule has 2 aromatic heterocycles. The Morgan fingerprint density at radius 2 is 1.93 bits per heavy atom. The van der Waals surface area contributed by atoms with Gasteiger partial charge in [-0.05, 0) is 26.0 Å². The first-order chi connectivity index (χ1) is 13.5. The highest BCUT2D eigenvalue weighted by atomic mass is 16.5. The molecule has 3 aromatic rings. The van der Waals surface area contributed by atoms with Crippen molar-refractivity contribution in [2.24, 2.45) is 0 Å². The van der Waals surface area contributed by atoms with Gasteiger partial charge in [-0.15, -0.1) is 0 Å². The van der Waals surface area contributed by atoms with Gasteiger partial charge in [0, 0.05) is 31.7 Å². The Bertz CT molecular complexity index is 1040. The Labute approximate surface area is 162 Å². The molecule has 0 atom stereocenters. The van der Waals surface area contributed by atoms with Gasteiger partial charge < -0.3 is 14.4 Å². The minimum atomic E-state index is -0.117. The van der Waals surface area contributed by atoms with Crippen LogP contribution in [0.15, 0.2) is 33.6 Å². The molecule has 1 N–H and O–H groups in total. The number of benzene rings is 1. The number of nitrogens with one attached hydrogen (secondary N) is 1. The Kier molecular flexibility index (Phi) is 4.95. The van der Waals surface area contributed by atoms with E-state index in [2.05, 4.69) is 20.0 Å². The summed E-state index contributed by atoms with van der Waals surface area (Å²) in [4.78, 5) is 36.3. The fourth-order valence-corrected chi connectivity index (χ4v) is 3.59. The highest BCUT2D eigenvalue weighted by Crippen LogP contribution is 2.15. The number of para-hydroxylation sites is 1. The van der Waals surface area contributed by atoms with Crippen molar-refractivity contribution < 1.29 is 9.32 Å². The van der Waals surface area contributed by atoms with Gasteiger partial charge in [0.2, 0.25) is 5.91 Å². The normalized spacial score (nSPS) is 15.3. The van der Waals surface area contributed by atoms with E-state index < -0.39 is 0 Å². The van der Waals surface area contributed by atoms with Crippen molar-refractivity contribution in [3.05, 3.63) is 57.5 Å². The van der Waals surface area contributed by atoms with Crippen LogP contribution in [0, 0.1) is 13.8 Å². The van der Waals surface area contributed by atoms with Crippen LogP contribution in [0.4, 0.5) is 0 Å². The lowest BCUT2D eigenvalue weighted by atomic mass is 10.1. The van der Waals surface area contributed by atoms with Crippen LogP contribution < -0.4 is 5.56 Å². The molecule has 28 heavy (non-hydrogen) atoms. The third kappa shape index (κ3) is 3.68. The maximum Gasteiger partial charge on any atom is 0.258 e. The van der Waals surface area contributed by atoms with Gasteiger partial charge in [0.15, 0.2) is 0 Å². The van der Waals surface area contributed by atoms with Crippen LogP contribution in [0.25, 0.3) is 10.9 Å². The summed E-state index contributed by atoms with van der Waals surface area (Å²) in [6.07, 6.45) is 0.320. The number of piperazine rings is 1. The highest BCUT2D eigenvalue weighted by Gasteiger charge is 2.23. The number of fused-ring (bicyclic) bond motifs is 1. The molecule has 3 heterocycles. The van der Waals surface area contributed by atoms with E-state index >= 15 is 0 Å². The average molecular weight is 381 g/mol. The zero-order chi connectivity index (χ0) is 19.7. The molecule has 0 radical (unpaired) electrons. The van der Waals surface area contributed by atoms with Crippen molar-refractivity contribution >= 4 is 16.8 Å². The second kappa shape index (κ2) is 7.55. The molecule has 8 nitrogen and oxygen atoms in total. The van der Waals surface area contributed by atoms with E-state index in [1.54, 1.807) is 6.07 Å². The van der Waals surface area contributed by atoms with Gasteiger partial charge in [-0.3, -0.25) is 14.5 Å². The molecule has 4 rings (SSSR count). The predicted octanol–water partition coefficient (Wildman–Crippen LogP) is 1.41. The zero-order valence-corrected chi connectivity index (χ0v) is 16.1. The van der Waals surface area contributed by atoms with Gasteiger partial charge in [0.05, 0.1) is 29.6 Å². The van der Waals surface area contributed by atoms with Crippen LogP contribution in [0.5, 0.6) is 0 Å². The van der Waals surface area contributed by atoms with Crippen molar-refractivity contribution in [1.82, 2.24) is 24.9 Å². The quantitative estimate of drug-likeness (QED) is 0.734. The van der Waals surface area contributed by atoms with Crippen LogP contribution in [-0.4, -0.2) is 57.0 Å². The van der Waals surface area contributed by atoms with Gasteiger partial charge in [0.1, 0.15) is 11.6 Å². The second-order valence-electron chi connectivity index (χ2n) is 7.17. The van der Waals surface area contributed by atoms with Gasteiger partial charge >= 0.3 is 0 Å². The Hall–Kier alpha value is -3.00. The third-order valence-electron chi connectivity index (χ3n) is 5.27. The first kappa shape index (κ1) is 18.4. The molecule has 0 spiro atoms. The number of rotatable bonds is 4. The first-order valence-corrected chi connectivity index (χ1v) is 9.41. The summed E-state index contributed by atoms with van der Waals surface area (Å²) in [5.74, 6) is 1.45. The molecule has 0 unspecified atom stereocenters. The van der Waals surface area contributed by atoms with E-state index in [0.717, 1.165) is 24.3 Å². The molecule has 8 heteroatoms. The van der Waals surface area contributed by atoms with E-state index in [1.165, 1.54) is 0 Å². The number of carbonyl (C=O) groups is 1. The fourth-order valence-electron chi connectivity index (χ4n) is 3.59. The smallest absolute Gasteiger partial charge is 0.258 e.